The first-order valence-corrected chi connectivity index (χ1v) is 9.29. The second-order valence-corrected chi connectivity index (χ2v) is 6.62. The molecule has 6 heteroatoms. The van der Waals surface area contributed by atoms with Crippen molar-refractivity contribution in [2.24, 2.45) is 0 Å². The number of hydrogen-bond acceptors (Lipinski definition) is 4. The van der Waals surface area contributed by atoms with Gasteiger partial charge < -0.3 is 9.84 Å². The molecule has 1 heterocycles. The number of carbonyl (C=O) groups excluding carboxylic acids is 1. The van der Waals surface area contributed by atoms with Crippen LogP contribution in [0.5, 0.6) is 0 Å². The molecule has 0 aliphatic rings. The number of aliphatic hydroxyl groups is 1. The van der Waals surface area contributed by atoms with Crippen molar-refractivity contribution in [2.45, 2.75) is 39.5 Å². The van der Waals surface area contributed by atoms with Gasteiger partial charge in [0.2, 0.25) is 0 Å². The molecule has 28 heavy (non-hydrogen) atoms. The van der Waals surface area contributed by atoms with E-state index in [2.05, 4.69) is 0 Å². The summed E-state index contributed by atoms with van der Waals surface area (Å²) in [6.45, 7) is 3.86. The van der Waals surface area contributed by atoms with Crippen molar-refractivity contribution in [3.8, 4) is 5.69 Å². The SMILES string of the molecule is CC[C@H](O)Cn1c(C)c(C(=O)OCc2ccccc2)c(=O)n1-c1ccccc1. The summed E-state index contributed by atoms with van der Waals surface area (Å²) < 4.78 is 8.45. The summed E-state index contributed by atoms with van der Waals surface area (Å²) in [6, 6.07) is 18.4. The number of nitrogens with zero attached hydrogens (tertiary/aromatic N) is 2. The molecule has 3 rings (SSSR count). The number of ether oxygens (including phenoxy) is 1. The molecule has 0 radical (unpaired) electrons. The predicted octanol–water partition coefficient (Wildman–Crippen LogP) is 3.08. The number of carbonyl (C=O) groups is 1. The minimum Gasteiger partial charge on any atom is -0.457 e. The van der Waals surface area contributed by atoms with Crippen LogP contribution in [0.15, 0.2) is 65.5 Å². The lowest BCUT2D eigenvalue weighted by Crippen LogP contribution is -2.27. The molecule has 0 saturated carbocycles. The Bertz CT molecular complexity index is 991. The Morgan fingerprint density at radius 3 is 2.29 bits per heavy atom. The van der Waals surface area contributed by atoms with E-state index in [1.807, 2.05) is 55.5 Å². The maximum absolute atomic E-state index is 13.1. The third kappa shape index (κ3) is 4.07. The topological polar surface area (TPSA) is 73.5 Å². The molecule has 6 nitrogen and oxygen atoms in total. The Balaban J connectivity index is 1.99. The molecule has 0 unspecified atom stereocenters. The van der Waals surface area contributed by atoms with E-state index in [0.29, 0.717) is 17.8 Å². The van der Waals surface area contributed by atoms with E-state index in [4.69, 9.17) is 4.74 Å². The third-order valence-corrected chi connectivity index (χ3v) is 4.67. The van der Waals surface area contributed by atoms with Gasteiger partial charge >= 0.3 is 5.97 Å². The molecule has 0 fully saturated rings. The van der Waals surface area contributed by atoms with Gasteiger partial charge in [-0.15, -0.1) is 0 Å². The molecule has 0 aliphatic heterocycles. The number of hydrogen-bond donors (Lipinski definition) is 1. The fraction of sp³-hybridized carbons (Fsp3) is 0.273. The predicted molar refractivity (Wildman–Crippen MR) is 107 cm³/mol. The minimum absolute atomic E-state index is 0.0110. The standard InChI is InChI=1S/C22H24N2O4/c1-3-19(25)14-23-16(2)20(21(26)24(23)18-12-8-5-9-13-18)22(27)28-15-17-10-6-4-7-11-17/h4-13,19,25H,3,14-15H2,1-2H3/t19-/m0/s1. The first kappa shape index (κ1) is 19.6. The largest absolute Gasteiger partial charge is 0.457 e. The van der Waals surface area contributed by atoms with Crippen LogP contribution in [0.25, 0.3) is 5.69 Å². The van der Waals surface area contributed by atoms with E-state index in [9.17, 15) is 14.7 Å². The van der Waals surface area contributed by atoms with Gasteiger partial charge in [0.1, 0.15) is 12.2 Å². The molecular weight excluding hydrogens is 356 g/mol. The average molecular weight is 380 g/mol. The van der Waals surface area contributed by atoms with Crippen LogP contribution in [0.1, 0.15) is 35.0 Å². The van der Waals surface area contributed by atoms with Crippen LogP contribution in [0.4, 0.5) is 0 Å². The van der Waals surface area contributed by atoms with Gasteiger partial charge in [-0.3, -0.25) is 9.48 Å². The van der Waals surface area contributed by atoms with Crippen LogP contribution in [0.2, 0.25) is 0 Å². The number of esters is 1. The van der Waals surface area contributed by atoms with Crippen LogP contribution in [0.3, 0.4) is 0 Å². The molecule has 0 aliphatic carbocycles. The zero-order valence-corrected chi connectivity index (χ0v) is 16.0. The second-order valence-electron chi connectivity index (χ2n) is 6.62. The van der Waals surface area contributed by atoms with E-state index < -0.39 is 17.6 Å². The zero-order chi connectivity index (χ0) is 20.1. The first-order valence-electron chi connectivity index (χ1n) is 9.29. The van der Waals surface area contributed by atoms with Gasteiger partial charge in [-0.05, 0) is 31.0 Å². The van der Waals surface area contributed by atoms with Crippen molar-refractivity contribution < 1.29 is 14.6 Å². The molecule has 3 aromatic rings. The van der Waals surface area contributed by atoms with Crippen LogP contribution >= 0.6 is 0 Å². The number of aromatic nitrogens is 2. The highest BCUT2D eigenvalue weighted by Gasteiger charge is 2.25. The Kier molecular flexibility index (Phi) is 6.11. The average Bonchev–Trinajstić information content (AvgIpc) is 2.97. The quantitative estimate of drug-likeness (QED) is 0.640. The highest BCUT2D eigenvalue weighted by molar-refractivity contribution is 5.90. The molecular formula is C22H24N2O4. The van der Waals surface area contributed by atoms with Crippen molar-refractivity contribution in [3.05, 3.63) is 87.8 Å². The van der Waals surface area contributed by atoms with E-state index in [-0.39, 0.29) is 18.7 Å². The van der Waals surface area contributed by atoms with Crippen molar-refractivity contribution >= 4 is 5.97 Å². The summed E-state index contributed by atoms with van der Waals surface area (Å²) in [4.78, 5) is 25.8. The molecule has 146 valence electrons. The smallest absolute Gasteiger partial charge is 0.346 e. The lowest BCUT2D eigenvalue weighted by molar-refractivity contribution is 0.0469. The summed E-state index contributed by atoms with van der Waals surface area (Å²) in [5, 5.41) is 10.1. The van der Waals surface area contributed by atoms with Crippen molar-refractivity contribution in [1.29, 1.82) is 0 Å². The van der Waals surface area contributed by atoms with Gasteiger partial charge in [-0.25, -0.2) is 9.48 Å². The van der Waals surface area contributed by atoms with Gasteiger partial charge in [0.15, 0.2) is 0 Å². The monoisotopic (exact) mass is 380 g/mol. The molecule has 0 bridgehead atoms. The van der Waals surface area contributed by atoms with Crippen LogP contribution in [-0.2, 0) is 17.9 Å². The Morgan fingerprint density at radius 1 is 1.07 bits per heavy atom. The summed E-state index contributed by atoms with van der Waals surface area (Å²) in [7, 11) is 0. The van der Waals surface area contributed by atoms with Crippen molar-refractivity contribution in [3.63, 3.8) is 0 Å². The Hall–Kier alpha value is -3.12. The molecule has 1 atom stereocenters. The normalized spacial score (nSPS) is 12.0. The fourth-order valence-corrected chi connectivity index (χ4v) is 3.05. The van der Waals surface area contributed by atoms with Crippen LogP contribution < -0.4 is 5.56 Å². The van der Waals surface area contributed by atoms with Crippen molar-refractivity contribution in [1.82, 2.24) is 9.36 Å². The molecule has 1 N–H and O–H groups in total. The van der Waals surface area contributed by atoms with E-state index >= 15 is 0 Å². The number of aliphatic hydroxyl groups excluding tert-OH is 1. The summed E-state index contributed by atoms with van der Waals surface area (Å²) in [6.07, 6.45) is -0.0948. The Labute approximate surface area is 163 Å². The van der Waals surface area contributed by atoms with Crippen molar-refractivity contribution in [2.75, 3.05) is 0 Å². The summed E-state index contributed by atoms with van der Waals surface area (Å²) in [5.41, 5.74) is 1.48. The number of rotatable bonds is 7. The number of para-hydroxylation sites is 1. The molecule has 0 saturated heterocycles. The van der Waals surface area contributed by atoms with Gasteiger partial charge in [0.25, 0.3) is 5.56 Å². The first-order chi connectivity index (χ1) is 13.5. The highest BCUT2D eigenvalue weighted by atomic mass is 16.5. The van der Waals surface area contributed by atoms with Crippen LogP contribution in [0, 0.1) is 6.92 Å². The zero-order valence-electron chi connectivity index (χ0n) is 16.0. The summed E-state index contributed by atoms with van der Waals surface area (Å²) >= 11 is 0. The van der Waals surface area contributed by atoms with E-state index in [1.165, 1.54) is 4.68 Å². The molecule has 1 aromatic heterocycles. The Morgan fingerprint density at radius 2 is 1.68 bits per heavy atom. The van der Waals surface area contributed by atoms with Crippen LogP contribution in [-0.4, -0.2) is 26.5 Å². The van der Waals surface area contributed by atoms with Gasteiger partial charge in [-0.2, -0.15) is 0 Å². The minimum atomic E-state index is -0.666. The number of benzene rings is 2. The molecule has 0 spiro atoms. The maximum Gasteiger partial charge on any atom is 0.346 e. The lowest BCUT2D eigenvalue weighted by Gasteiger charge is -2.16. The molecule has 2 aromatic carbocycles. The highest BCUT2D eigenvalue weighted by Crippen LogP contribution is 2.15. The molecule has 0 amide bonds. The van der Waals surface area contributed by atoms with Gasteiger partial charge in [-0.1, -0.05) is 55.5 Å². The van der Waals surface area contributed by atoms with E-state index in [0.717, 1.165) is 5.56 Å². The fourth-order valence-electron chi connectivity index (χ4n) is 3.05. The van der Waals surface area contributed by atoms with Gasteiger partial charge in [0, 0.05) is 0 Å². The second kappa shape index (κ2) is 8.71. The lowest BCUT2D eigenvalue weighted by atomic mass is 10.2. The van der Waals surface area contributed by atoms with E-state index in [1.54, 1.807) is 23.7 Å². The summed E-state index contributed by atoms with van der Waals surface area (Å²) in [5.74, 6) is -0.666. The van der Waals surface area contributed by atoms with Gasteiger partial charge in [0.05, 0.1) is 24.0 Å². The maximum atomic E-state index is 13.1. The third-order valence-electron chi connectivity index (χ3n) is 4.67.